The largest absolute Gasteiger partial charge is 0.495 e. The normalized spacial score (nSPS) is 19.1. The van der Waals surface area contributed by atoms with Crippen molar-refractivity contribution in [3.63, 3.8) is 0 Å². The molecule has 34 heavy (non-hydrogen) atoms. The number of aromatic nitrogens is 1. The van der Waals surface area contributed by atoms with E-state index in [9.17, 15) is 9.59 Å². The van der Waals surface area contributed by atoms with Crippen LogP contribution in [0.1, 0.15) is 29.2 Å². The Labute approximate surface area is 203 Å². The van der Waals surface area contributed by atoms with Gasteiger partial charge in [0.2, 0.25) is 0 Å². The van der Waals surface area contributed by atoms with Gasteiger partial charge in [0.25, 0.3) is 5.56 Å². The van der Waals surface area contributed by atoms with Gasteiger partial charge < -0.3 is 19.5 Å². The number of pyridine rings is 1. The summed E-state index contributed by atoms with van der Waals surface area (Å²) in [6.07, 6.45) is 5.03. The quantitative estimate of drug-likeness (QED) is 0.554. The van der Waals surface area contributed by atoms with Gasteiger partial charge in [0.15, 0.2) is 0 Å². The number of fused-ring (bicyclic) bond motifs is 4. The van der Waals surface area contributed by atoms with E-state index in [1.165, 1.54) is 0 Å². The van der Waals surface area contributed by atoms with E-state index in [1.54, 1.807) is 13.2 Å². The number of anilines is 1. The third-order valence-corrected chi connectivity index (χ3v) is 6.84. The molecule has 2 atom stereocenters. The average Bonchev–Trinajstić information content (AvgIpc) is 2.85. The number of hydrogen-bond acceptors (Lipinski definition) is 3. The molecule has 2 amide bonds. The van der Waals surface area contributed by atoms with Gasteiger partial charge in [-0.1, -0.05) is 48.0 Å². The molecule has 0 unspecified atom stereocenters. The van der Waals surface area contributed by atoms with Crippen molar-refractivity contribution >= 4 is 35.5 Å². The highest BCUT2D eigenvalue weighted by molar-refractivity contribution is 6.30. The summed E-state index contributed by atoms with van der Waals surface area (Å²) in [7, 11) is 1.59. The number of ether oxygens (including phenoxy) is 1. The van der Waals surface area contributed by atoms with Crippen molar-refractivity contribution < 1.29 is 9.53 Å². The molecule has 3 aromatic rings. The van der Waals surface area contributed by atoms with Gasteiger partial charge >= 0.3 is 6.03 Å². The van der Waals surface area contributed by atoms with E-state index in [-0.39, 0.29) is 23.4 Å². The summed E-state index contributed by atoms with van der Waals surface area (Å²) in [5, 5.41) is 3.69. The number of amides is 2. The topological polar surface area (TPSA) is 63.6 Å². The second kappa shape index (κ2) is 9.39. The fraction of sp³-hybridized carbons (Fsp3) is 0.259. The maximum atomic E-state index is 13.1. The molecule has 1 fully saturated rings. The number of piperidine rings is 1. The number of carbonyl (C=O) groups excluding carboxylic acids is 1. The number of nitrogens with zero attached hydrogens (tertiary/aromatic N) is 2. The second-order valence-electron chi connectivity index (χ2n) is 8.84. The van der Waals surface area contributed by atoms with E-state index in [0.29, 0.717) is 36.1 Å². The molecule has 7 heteroatoms. The van der Waals surface area contributed by atoms with Crippen LogP contribution in [-0.4, -0.2) is 35.7 Å². The van der Waals surface area contributed by atoms with E-state index in [4.69, 9.17) is 16.3 Å². The van der Waals surface area contributed by atoms with Crippen LogP contribution in [0.4, 0.5) is 10.5 Å². The summed E-state index contributed by atoms with van der Waals surface area (Å²) in [5.74, 6) is 0.956. The van der Waals surface area contributed by atoms with Crippen molar-refractivity contribution in [2.24, 2.45) is 5.92 Å². The summed E-state index contributed by atoms with van der Waals surface area (Å²) < 4.78 is 7.27. The van der Waals surface area contributed by atoms with Gasteiger partial charge in [-0.15, -0.1) is 0 Å². The van der Waals surface area contributed by atoms with Crippen LogP contribution in [0.5, 0.6) is 5.75 Å². The van der Waals surface area contributed by atoms with Gasteiger partial charge in [-0.3, -0.25) is 4.79 Å². The van der Waals surface area contributed by atoms with Crippen LogP contribution in [0.2, 0.25) is 5.02 Å². The Morgan fingerprint density at radius 2 is 1.82 bits per heavy atom. The van der Waals surface area contributed by atoms with Crippen LogP contribution in [-0.2, 0) is 6.54 Å². The average molecular weight is 476 g/mol. The smallest absolute Gasteiger partial charge is 0.321 e. The van der Waals surface area contributed by atoms with E-state index >= 15 is 0 Å². The number of carbonyl (C=O) groups is 1. The number of hydrogen-bond donors (Lipinski definition) is 1. The number of rotatable bonds is 4. The molecule has 2 bridgehead atoms. The lowest BCUT2D eigenvalue weighted by molar-refractivity contribution is 0.139. The summed E-state index contributed by atoms with van der Waals surface area (Å²) in [6.45, 7) is 1.79. The Hall–Kier alpha value is -3.51. The summed E-state index contributed by atoms with van der Waals surface area (Å²) in [6, 6.07) is 18.4. The monoisotopic (exact) mass is 475 g/mol. The van der Waals surface area contributed by atoms with E-state index in [0.717, 1.165) is 23.2 Å². The van der Waals surface area contributed by atoms with Gasteiger partial charge in [-0.05, 0) is 53.8 Å². The molecule has 1 N–H and O–H groups in total. The van der Waals surface area contributed by atoms with Gasteiger partial charge in [-0.2, -0.15) is 0 Å². The Morgan fingerprint density at radius 3 is 2.62 bits per heavy atom. The fourth-order valence-electron chi connectivity index (χ4n) is 5.06. The van der Waals surface area contributed by atoms with Crippen LogP contribution in [0.3, 0.4) is 0 Å². The maximum Gasteiger partial charge on any atom is 0.321 e. The zero-order valence-corrected chi connectivity index (χ0v) is 19.7. The number of halogens is 1. The molecule has 2 aliphatic heterocycles. The SMILES string of the molecule is COc1ccccc1NC(=O)N1C[C@@H]2C[C@H](C1)c1c(/C=C/c3ccc(Cl)cc3)ccc(=O)n1C2. The Kier molecular flexibility index (Phi) is 6.16. The molecule has 0 aliphatic carbocycles. The van der Waals surface area contributed by atoms with Gasteiger partial charge in [-0.25, -0.2) is 4.79 Å². The molecule has 2 aromatic carbocycles. The highest BCUT2D eigenvalue weighted by Crippen LogP contribution is 2.37. The van der Waals surface area contributed by atoms with Crippen LogP contribution < -0.4 is 15.6 Å². The molecule has 0 spiro atoms. The Morgan fingerprint density at radius 1 is 1.03 bits per heavy atom. The van der Waals surface area contributed by atoms with Crippen molar-refractivity contribution in [1.29, 1.82) is 0 Å². The molecule has 2 aliphatic rings. The molecule has 1 aromatic heterocycles. The lowest BCUT2D eigenvalue weighted by Gasteiger charge is -2.43. The highest BCUT2D eigenvalue weighted by atomic mass is 35.5. The molecule has 0 saturated carbocycles. The number of benzene rings is 2. The minimum absolute atomic E-state index is 0.0141. The third-order valence-electron chi connectivity index (χ3n) is 6.58. The predicted molar refractivity (Wildman–Crippen MR) is 136 cm³/mol. The van der Waals surface area contributed by atoms with Gasteiger partial charge in [0, 0.05) is 42.3 Å². The van der Waals surface area contributed by atoms with E-state index in [2.05, 4.69) is 5.32 Å². The molecule has 6 nitrogen and oxygen atoms in total. The van der Waals surface area contributed by atoms with Crippen molar-refractivity contribution in [3.8, 4) is 5.75 Å². The standard InChI is InChI=1S/C27H26ClN3O3/c1-34-24-5-3-2-4-23(24)29-27(33)30-15-19-14-21(17-30)26-20(10-13-25(32)31(26)16-19)9-6-18-7-11-22(28)12-8-18/h2-13,19,21H,14-17H2,1H3,(H,29,33)/b9-6+/t19-,21+/m0/s1. The molecule has 174 valence electrons. The first-order valence-electron chi connectivity index (χ1n) is 11.4. The van der Waals surface area contributed by atoms with Crippen molar-refractivity contribution in [3.05, 3.63) is 92.9 Å². The molecule has 0 radical (unpaired) electrons. The van der Waals surface area contributed by atoms with Crippen molar-refractivity contribution in [2.45, 2.75) is 18.9 Å². The molecule has 3 heterocycles. The Balaban J connectivity index is 1.41. The van der Waals surface area contributed by atoms with Gasteiger partial charge in [0.1, 0.15) is 5.75 Å². The second-order valence-corrected chi connectivity index (χ2v) is 9.28. The number of methoxy groups -OCH3 is 1. The lowest BCUT2D eigenvalue weighted by atomic mass is 9.81. The minimum atomic E-state index is -0.149. The number of urea groups is 1. The zero-order valence-electron chi connectivity index (χ0n) is 18.9. The summed E-state index contributed by atoms with van der Waals surface area (Å²) in [5.41, 5.74) is 3.70. The van der Waals surface area contributed by atoms with E-state index in [1.807, 2.05) is 76.2 Å². The summed E-state index contributed by atoms with van der Waals surface area (Å²) >= 11 is 6.00. The zero-order chi connectivity index (χ0) is 23.7. The maximum absolute atomic E-state index is 13.1. The first-order valence-corrected chi connectivity index (χ1v) is 11.8. The first kappa shape index (κ1) is 22.3. The molecular formula is C27H26ClN3O3. The lowest BCUT2D eigenvalue weighted by Crippen LogP contribution is -2.50. The number of para-hydroxylation sites is 2. The van der Waals surface area contributed by atoms with Crippen LogP contribution in [0, 0.1) is 5.92 Å². The first-order chi connectivity index (χ1) is 16.5. The fourth-order valence-corrected chi connectivity index (χ4v) is 5.18. The summed E-state index contributed by atoms with van der Waals surface area (Å²) in [4.78, 5) is 27.7. The van der Waals surface area contributed by atoms with Crippen LogP contribution >= 0.6 is 11.6 Å². The highest BCUT2D eigenvalue weighted by Gasteiger charge is 2.37. The van der Waals surface area contributed by atoms with Crippen LogP contribution in [0.25, 0.3) is 12.2 Å². The van der Waals surface area contributed by atoms with Crippen molar-refractivity contribution in [2.75, 3.05) is 25.5 Å². The number of likely N-dealkylation sites (tertiary alicyclic amines) is 1. The van der Waals surface area contributed by atoms with Gasteiger partial charge in [0.05, 0.1) is 12.8 Å². The third kappa shape index (κ3) is 4.46. The number of nitrogens with one attached hydrogen (secondary N) is 1. The molecule has 1 saturated heterocycles. The minimum Gasteiger partial charge on any atom is -0.495 e. The predicted octanol–water partition coefficient (Wildman–Crippen LogP) is 5.33. The van der Waals surface area contributed by atoms with Crippen molar-refractivity contribution in [1.82, 2.24) is 9.47 Å². The van der Waals surface area contributed by atoms with E-state index < -0.39 is 0 Å². The molecule has 5 rings (SSSR count). The van der Waals surface area contributed by atoms with Crippen LogP contribution in [0.15, 0.2) is 65.5 Å². The Bertz CT molecular complexity index is 1300. The molecular weight excluding hydrogens is 450 g/mol.